The van der Waals surface area contributed by atoms with Gasteiger partial charge in [-0.25, -0.2) is 0 Å². The minimum atomic E-state index is 0.653. The topological polar surface area (TPSA) is 0 Å². The Hall–Kier alpha value is 0.423. The van der Waals surface area contributed by atoms with Gasteiger partial charge in [-0.2, -0.15) is 0 Å². The van der Waals surface area contributed by atoms with E-state index in [0.29, 0.717) is 10.0 Å². The second-order valence-electron chi connectivity index (χ2n) is 1.71. The third-order valence-corrected chi connectivity index (χ3v) is 3.60. The van der Waals surface area contributed by atoms with Crippen LogP contribution in [0.25, 0.3) is 0 Å². The van der Waals surface area contributed by atoms with Crippen molar-refractivity contribution >= 4 is 27.4 Å². The molecule has 0 atom stereocenters. The molecule has 0 amide bonds. The van der Waals surface area contributed by atoms with Crippen LogP contribution in [0.15, 0.2) is 18.2 Å². The standard InChI is InChI=1S/C6H3Cl2.Zn/c7-5-3-1-2-4-6(5)8;/h1-3H;. The molecule has 0 nitrogen and oxygen atoms in total. The van der Waals surface area contributed by atoms with E-state index in [-0.39, 0.29) is 0 Å². The number of benzene rings is 1. The van der Waals surface area contributed by atoms with Crippen LogP contribution in [0.5, 0.6) is 0 Å². The number of rotatable bonds is 0. The van der Waals surface area contributed by atoms with E-state index in [1.807, 2.05) is 12.1 Å². The van der Waals surface area contributed by atoms with Crippen LogP contribution < -0.4 is 4.16 Å². The molecule has 1 aromatic rings. The third kappa shape index (κ3) is 1.67. The molecular formula is C6H3Cl2Zn. The van der Waals surface area contributed by atoms with Crippen molar-refractivity contribution in [1.29, 1.82) is 0 Å². The summed E-state index contributed by atoms with van der Waals surface area (Å²) in [6.07, 6.45) is 0. The van der Waals surface area contributed by atoms with Gasteiger partial charge in [0.2, 0.25) is 0 Å². The molecule has 9 heavy (non-hydrogen) atoms. The first-order valence-corrected chi connectivity index (χ1v) is 4.72. The average Bonchev–Trinajstić information content (AvgIpc) is 1.83. The first-order chi connectivity index (χ1) is 4.22. The summed E-state index contributed by atoms with van der Waals surface area (Å²) in [6.45, 7) is 0. The summed E-state index contributed by atoms with van der Waals surface area (Å²) in [5, 5.41) is 1.36. The van der Waals surface area contributed by atoms with Gasteiger partial charge in [0.1, 0.15) is 0 Å². The van der Waals surface area contributed by atoms with Crippen molar-refractivity contribution in [2.24, 2.45) is 0 Å². The number of hydrogen-bond acceptors (Lipinski definition) is 0. The molecule has 0 saturated carbocycles. The Bertz CT molecular complexity index is 202. The maximum absolute atomic E-state index is 5.78. The molecule has 0 heterocycles. The van der Waals surface area contributed by atoms with Gasteiger partial charge in [0.15, 0.2) is 0 Å². The average molecular weight is 211 g/mol. The molecule has 43 valence electrons. The maximum atomic E-state index is 5.78. The van der Waals surface area contributed by atoms with E-state index in [4.69, 9.17) is 23.2 Å². The van der Waals surface area contributed by atoms with Crippen LogP contribution >= 0.6 is 23.2 Å². The normalized spacial score (nSPS) is 9.78. The second-order valence-corrected chi connectivity index (χ2v) is 4.10. The van der Waals surface area contributed by atoms with Crippen LogP contribution in [0.4, 0.5) is 0 Å². The molecule has 0 aliphatic heterocycles. The Morgan fingerprint density at radius 1 is 1.22 bits per heavy atom. The molecule has 0 saturated heterocycles. The van der Waals surface area contributed by atoms with E-state index in [9.17, 15) is 0 Å². The minimum absolute atomic E-state index is 0.653. The van der Waals surface area contributed by atoms with Crippen LogP contribution in [-0.4, -0.2) is 0 Å². The molecule has 3 heteroatoms. The molecule has 0 aromatic heterocycles. The predicted molar refractivity (Wildman–Crippen MR) is 36.1 cm³/mol. The quantitative estimate of drug-likeness (QED) is 0.577. The van der Waals surface area contributed by atoms with Gasteiger partial charge in [0, 0.05) is 0 Å². The van der Waals surface area contributed by atoms with Gasteiger partial charge in [0.05, 0.1) is 0 Å². The van der Waals surface area contributed by atoms with Gasteiger partial charge < -0.3 is 0 Å². The molecule has 0 aliphatic rings. The Kier molecular flexibility index (Phi) is 2.52. The Labute approximate surface area is 73.8 Å². The fraction of sp³-hybridized carbons (Fsp3) is 0. The van der Waals surface area contributed by atoms with Crippen LogP contribution in [0.2, 0.25) is 10.0 Å². The van der Waals surface area contributed by atoms with Gasteiger partial charge in [0.25, 0.3) is 0 Å². The molecule has 1 rings (SSSR count). The van der Waals surface area contributed by atoms with Crippen molar-refractivity contribution in [2.75, 3.05) is 0 Å². The second kappa shape index (κ2) is 3.01. The first-order valence-electron chi connectivity index (χ1n) is 2.48. The van der Waals surface area contributed by atoms with E-state index in [0.717, 1.165) is 22.5 Å². The summed E-state index contributed by atoms with van der Waals surface area (Å²) in [4.78, 5) is 0. The zero-order valence-corrected chi connectivity index (χ0v) is 9.17. The van der Waals surface area contributed by atoms with Gasteiger partial charge in [-0.3, -0.25) is 0 Å². The van der Waals surface area contributed by atoms with Crippen LogP contribution in [-0.2, 0) is 18.3 Å². The Morgan fingerprint density at radius 3 is 2.33 bits per heavy atom. The van der Waals surface area contributed by atoms with Crippen molar-refractivity contribution in [3.05, 3.63) is 28.2 Å². The molecule has 0 radical (unpaired) electrons. The zero-order valence-electron chi connectivity index (χ0n) is 4.70. The summed E-state index contributed by atoms with van der Waals surface area (Å²) in [5.74, 6) is 0. The van der Waals surface area contributed by atoms with E-state index in [1.165, 1.54) is 0 Å². The van der Waals surface area contributed by atoms with Crippen molar-refractivity contribution in [3.63, 3.8) is 0 Å². The zero-order chi connectivity index (χ0) is 6.85. The molecule has 0 bridgehead atoms. The van der Waals surface area contributed by atoms with Crippen molar-refractivity contribution in [3.8, 4) is 0 Å². The van der Waals surface area contributed by atoms with Gasteiger partial charge in [-0.1, -0.05) is 0 Å². The SMILES string of the molecule is Clc1ccc[c]([Zn])c1Cl. The van der Waals surface area contributed by atoms with Crippen molar-refractivity contribution < 1.29 is 18.3 Å². The molecule has 0 spiro atoms. The van der Waals surface area contributed by atoms with Crippen LogP contribution in [0.3, 0.4) is 0 Å². The van der Waals surface area contributed by atoms with E-state index in [2.05, 4.69) is 0 Å². The van der Waals surface area contributed by atoms with E-state index < -0.39 is 0 Å². The molecular weight excluding hydrogens is 208 g/mol. The van der Waals surface area contributed by atoms with Crippen molar-refractivity contribution in [1.82, 2.24) is 0 Å². The summed E-state index contributed by atoms with van der Waals surface area (Å²) < 4.78 is 1.14. The molecule has 0 N–H and O–H groups in total. The predicted octanol–water partition coefficient (Wildman–Crippen LogP) is 2.17. The van der Waals surface area contributed by atoms with Gasteiger partial charge in [-0.15, -0.1) is 0 Å². The third-order valence-electron chi connectivity index (χ3n) is 1.03. The fourth-order valence-electron chi connectivity index (χ4n) is 0.548. The number of hydrogen-bond donors (Lipinski definition) is 0. The number of halogens is 2. The summed E-state index contributed by atoms with van der Waals surface area (Å²) in [5.41, 5.74) is 0. The van der Waals surface area contributed by atoms with Gasteiger partial charge >= 0.3 is 73.9 Å². The Morgan fingerprint density at radius 2 is 1.89 bits per heavy atom. The summed E-state index contributed by atoms with van der Waals surface area (Å²) in [7, 11) is 0. The molecule has 0 fully saturated rings. The molecule has 1 aromatic carbocycles. The summed E-state index contributed by atoms with van der Waals surface area (Å²) in [6, 6.07) is 5.68. The van der Waals surface area contributed by atoms with E-state index >= 15 is 0 Å². The van der Waals surface area contributed by atoms with Gasteiger partial charge in [-0.05, 0) is 0 Å². The van der Waals surface area contributed by atoms with Crippen LogP contribution in [0, 0.1) is 0 Å². The molecule has 0 unspecified atom stereocenters. The summed E-state index contributed by atoms with van der Waals surface area (Å²) >= 11 is 12.5. The molecule has 0 aliphatic carbocycles. The fourth-order valence-corrected chi connectivity index (χ4v) is 1.79. The first kappa shape index (κ1) is 7.53. The van der Waals surface area contributed by atoms with Crippen LogP contribution in [0.1, 0.15) is 0 Å². The van der Waals surface area contributed by atoms with Crippen molar-refractivity contribution in [2.45, 2.75) is 0 Å². The Balaban J connectivity index is 3.25. The monoisotopic (exact) mass is 209 g/mol. The van der Waals surface area contributed by atoms with E-state index in [1.54, 1.807) is 6.07 Å².